The van der Waals surface area contributed by atoms with Gasteiger partial charge in [0, 0.05) is 5.04 Å². The van der Waals surface area contributed by atoms with Gasteiger partial charge in [0.15, 0.2) is 0 Å². The van der Waals surface area contributed by atoms with Gasteiger partial charge < -0.3 is 0 Å². The lowest BCUT2D eigenvalue weighted by atomic mass is 9.98. The molecule has 1 unspecified atom stereocenters. The maximum absolute atomic E-state index is 5.86. The molecule has 1 atom stereocenters. The van der Waals surface area contributed by atoms with Crippen molar-refractivity contribution < 1.29 is 0 Å². The van der Waals surface area contributed by atoms with Crippen LogP contribution >= 0.6 is 0 Å². The van der Waals surface area contributed by atoms with Gasteiger partial charge in [0.1, 0.15) is 0 Å². The summed E-state index contributed by atoms with van der Waals surface area (Å²) in [6, 6.07) is 4.26. The molecular formula is C13H24Si. The van der Waals surface area contributed by atoms with Crippen molar-refractivity contribution >= 4 is 8.07 Å². The van der Waals surface area contributed by atoms with Gasteiger partial charge in [-0.1, -0.05) is 51.7 Å². The van der Waals surface area contributed by atoms with Gasteiger partial charge in [0.25, 0.3) is 0 Å². The standard InChI is InChI=1S/C13H24Si/c1-5-13(6-2)11-9-10-12-14(13,7-3)8-4/h1H,6-12H2,2-4H3. The van der Waals surface area contributed by atoms with E-state index in [-0.39, 0.29) is 0 Å². The summed E-state index contributed by atoms with van der Waals surface area (Å²) in [4.78, 5) is 0. The molecule has 0 N–H and O–H groups in total. The van der Waals surface area contributed by atoms with Crippen LogP contribution in [0.5, 0.6) is 0 Å². The van der Waals surface area contributed by atoms with E-state index in [1.807, 2.05) is 0 Å². The molecule has 1 aliphatic heterocycles. The molecule has 1 aliphatic rings. The third-order valence-corrected chi connectivity index (χ3v) is 11.6. The van der Waals surface area contributed by atoms with E-state index in [4.69, 9.17) is 6.42 Å². The molecule has 1 heteroatoms. The molecule has 0 radical (unpaired) electrons. The van der Waals surface area contributed by atoms with E-state index in [0.29, 0.717) is 5.04 Å². The van der Waals surface area contributed by atoms with Crippen molar-refractivity contribution in [3.8, 4) is 12.3 Å². The summed E-state index contributed by atoms with van der Waals surface area (Å²) in [5.74, 6) is 3.22. The summed E-state index contributed by atoms with van der Waals surface area (Å²) in [6.45, 7) is 7.06. The van der Waals surface area contributed by atoms with Gasteiger partial charge in [0.05, 0.1) is 8.07 Å². The predicted molar refractivity (Wildman–Crippen MR) is 67.2 cm³/mol. The number of rotatable bonds is 3. The monoisotopic (exact) mass is 208 g/mol. The predicted octanol–water partition coefficient (Wildman–Crippen LogP) is 4.44. The Morgan fingerprint density at radius 1 is 1.21 bits per heavy atom. The second-order valence-corrected chi connectivity index (χ2v) is 10.2. The Labute approximate surface area is 90.5 Å². The zero-order chi connectivity index (χ0) is 10.7. The van der Waals surface area contributed by atoms with Crippen LogP contribution in [0.3, 0.4) is 0 Å². The van der Waals surface area contributed by atoms with Gasteiger partial charge in [-0.25, -0.2) is 0 Å². The second kappa shape index (κ2) is 4.53. The van der Waals surface area contributed by atoms with Crippen molar-refractivity contribution in [2.45, 2.75) is 69.6 Å². The highest BCUT2D eigenvalue weighted by Crippen LogP contribution is 2.54. The first kappa shape index (κ1) is 11.8. The number of terminal acetylenes is 1. The van der Waals surface area contributed by atoms with E-state index in [0.717, 1.165) is 0 Å². The van der Waals surface area contributed by atoms with E-state index >= 15 is 0 Å². The van der Waals surface area contributed by atoms with E-state index in [1.165, 1.54) is 43.8 Å². The lowest BCUT2D eigenvalue weighted by Crippen LogP contribution is -2.48. The van der Waals surface area contributed by atoms with Crippen molar-refractivity contribution in [1.82, 2.24) is 0 Å². The smallest absolute Gasteiger partial charge is 0.0737 e. The third-order valence-electron chi connectivity index (χ3n) is 4.76. The Hall–Kier alpha value is -0.223. The molecule has 0 amide bonds. The SMILES string of the molecule is C#CC1(CC)CCCC[Si]1(CC)CC. The van der Waals surface area contributed by atoms with Crippen LogP contribution in [0.1, 0.15) is 46.5 Å². The van der Waals surface area contributed by atoms with Crippen LogP contribution < -0.4 is 0 Å². The maximum Gasteiger partial charge on any atom is 0.0737 e. The quantitative estimate of drug-likeness (QED) is 0.475. The Bertz CT molecular complexity index is 222. The first-order chi connectivity index (χ1) is 6.70. The molecule has 0 aromatic carbocycles. The maximum atomic E-state index is 5.86. The Morgan fingerprint density at radius 2 is 1.86 bits per heavy atom. The molecule has 0 nitrogen and oxygen atoms in total. The van der Waals surface area contributed by atoms with E-state index in [9.17, 15) is 0 Å². The van der Waals surface area contributed by atoms with Gasteiger partial charge in [-0.3, -0.25) is 0 Å². The summed E-state index contributed by atoms with van der Waals surface area (Å²) in [6.07, 6.45) is 11.2. The molecule has 0 spiro atoms. The van der Waals surface area contributed by atoms with Crippen LogP contribution in [0.15, 0.2) is 0 Å². The van der Waals surface area contributed by atoms with Crippen LogP contribution in [0.2, 0.25) is 23.2 Å². The molecule has 1 heterocycles. The van der Waals surface area contributed by atoms with E-state index in [1.54, 1.807) is 0 Å². The van der Waals surface area contributed by atoms with Crippen LogP contribution in [-0.4, -0.2) is 8.07 Å². The van der Waals surface area contributed by atoms with Crippen LogP contribution in [-0.2, 0) is 0 Å². The topological polar surface area (TPSA) is 0 Å². The van der Waals surface area contributed by atoms with Crippen molar-refractivity contribution in [3.63, 3.8) is 0 Å². The highest BCUT2D eigenvalue weighted by molar-refractivity contribution is 6.83. The van der Waals surface area contributed by atoms with Gasteiger partial charge in [-0.05, 0) is 12.8 Å². The van der Waals surface area contributed by atoms with Crippen LogP contribution in [0, 0.1) is 12.3 Å². The summed E-state index contributed by atoms with van der Waals surface area (Å²) >= 11 is 0. The van der Waals surface area contributed by atoms with Crippen molar-refractivity contribution in [2.24, 2.45) is 0 Å². The fraction of sp³-hybridized carbons (Fsp3) is 0.846. The first-order valence-electron chi connectivity index (χ1n) is 6.18. The fourth-order valence-corrected chi connectivity index (χ4v) is 9.28. The molecule has 14 heavy (non-hydrogen) atoms. The summed E-state index contributed by atoms with van der Waals surface area (Å²) < 4.78 is 0. The van der Waals surface area contributed by atoms with E-state index < -0.39 is 8.07 Å². The molecule has 80 valence electrons. The Balaban J connectivity index is 3.04. The molecule has 0 bridgehead atoms. The zero-order valence-electron chi connectivity index (χ0n) is 10.0. The van der Waals surface area contributed by atoms with Crippen molar-refractivity contribution in [2.75, 3.05) is 0 Å². The van der Waals surface area contributed by atoms with Crippen molar-refractivity contribution in [3.05, 3.63) is 0 Å². The van der Waals surface area contributed by atoms with Crippen LogP contribution in [0.25, 0.3) is 0 Å². The van der Waals surface area contributed by atoms with Crippen molar-refractivity contribution in [1.29, 1.82) is 0 Å². The first-order valence-corrected chi connectivity index (χ1v) is 8.80. The lowest BCUT2D eigenvalue weighted by molar-refractivity contribution is 0.509. The van der Waals surface area contributed by atoms with Gasteiger partial charge in [-0.15, -0.1) is 12.3 Å². The minimum atomic E-state index is -1.15. The molecule has 0 aromatic heterocycles. The minimum Gasteiger partial charge on any atom is -0.120 e. The molecule has 0 aliphatic carbocycles. The average Bonchev–Trinajstić information content (AvgIpc) is 2.28. The van der Waals surface area contributed by atoms with Gasteiger partial charge in [-0.2, -0.15) is 0 Å². The summed E-state index contributed by atoms with van der Waals surface area (Å²) in [7, 11) is -1.15. The second-order valence-electron chi connectivity index (χ2n) is 4.77. The Kier molecular flexibility index (Phi) is 3.83. The van der Waals surface area contributed by atoms with Gasteiger partial charge in [0.2, 0.25) is 0 Å². The molecular weight excluding hydrogens is 184 g/mol. The van der Waals surface area contributed by atoms with E-state index in [2.05, 4.69) is 26.7 Å². The summed E-state index contributed by atoms with van der Waals surface area (Å²) in [5.41, 5.74) is 0. The molecule has 0 aromatic rings. The lowest BCUT2D eigenvalue weighted by Gasteiger charge is -2.49. The molecule has 1 rings (SSSR count). The largest absolute Gasteiger partial charge is 0.120 e. The zero-order valence-corrected chi connectivity index (χ0v) is 11.0. The summed E-state index contributed by atoms with van der Waals surface area (Å²) in [5, 5.41) is 0.342. The van der Waals surface area contributed by atoms with Gasteiger partial charge >= 0.3 is 0 Å². The molecule has 0 saturated carbocycles. The number of hydrogen-bond acceptors (Lipinski definition) is 0. The minimum absolute atomic E-state index is 0.342. The average molecular weight is 208 g/mol. The third kappa shape index (κ3) is 1.54. The van der Waals surface area contributed by atoms with Crippen LogP contribution in [0.4, 0.5) is 0 Å². The normalized spacial score (nSPS) is 31.0. The molecule has 1 fully saturated rings. The highest BCUT2D eigenvalue weighted by atomic mass is 28.3. The number of hydrogen-bond donors (Lipinski definition) is 0. The molecule has 1 saturated heterocycles. The Morgan fingerprint density at radius 3 is 2.21 bits per heavy atom. The highest BCUT2D eigenvalue weighted by Gasteiger charge is 2.49. The fourth-order valence-electron chi connectivity index (χ4n) is 3.55.